The molecule has 1 atom stereocenters. The van der Waals surface area contributed by atoms with E-state index in [1.807, 2.05) is 0 Å². The minimum absolute atomic E-state index is 0.0171. The predicted octanol–water partition coefficient (Wildman–Crippen LogP) is 11.4. The fourth-order valence-electron chi connectivity index (χ4n) is 8.10. The van der Waals surface area contributed by atoms with Crippen LogP contribution in [0.3, 0.4) is 0 Å². The normalized spacial score (nSPS) is 18.0. The largest absolute Gasteiger partial charge is 0.0804 e. The lowest BCUT2D eigenvalue weighted by molar-refractivity contribution is 0.589. The van der Waals surface area contributed by atoms with Gasteiger partial charge in [-0.15, -0.1) is 0 Å². The van der Waals surface area contributed by atoms with Crippen molar-refractivity contribution < 1.29 is 0 Å². The van der Waals surface area contributed by atoms with E-state index >= 15 is 0 Å². The van der Waals surface area contributed by atoms with Crippen LogP contribution in [0.4, 0.5) is 0 Å². The number of allylic oxidation sites excluding steroid dienone is 6. The molecule has 0 fully saturated rings. The summed E-state index contributed by atoms with van der Waals surface area (Å²) in [6.45, 7) is 16.5. The Balaban J connectivity index is 1.27. The van der Waals surface area contributed by atoms with Gasteiger partial charge in [-0.05, 0) is 97.4 Å². The van der Waals surface area contributed by atoms with E-state index in [4.69, 9.17) is 0 Å². The quantitative estimate of drug-likeness (QED) is 0.222. The van der Waals surface area contributed by atoms with Gasteiger partial charge in [-0.2, -0.15) is 0 Å². The third-order valence-corrected chi connectivity index (χ3v) is 10.8. The molecule has 3 aliphatic rings. The number of fused-ring (bicyclic) bond motifs is 5. The van der Waals surface area contributed by atoms with Gasteiger partial charge in [-0.3, -0.25) is 0 Å². The molecule has 0 saturated heterocycles. The Labute approximate surface area is 265 Å². The minimum Gasteiger partial charge on any atom is -0.0804 e. The number of hydrogen-bond acceptors (Lipinski definition) is 0. The van der Waals surface area contributed by atoms with Crippen molar-refractivity contribution in [3.63, 3.8) is 0 Å². The predicted molar refractivity (Wildman–Crippen MR) is 189 cm³/mol. The van der Waals surface area contributed by atoms with Crippen LogP contribution in [0.5, 0.6) is 0 Å². The van der Waals surface area contributed by atoms with E-state index in [2.05, 4.69) is 158 Å². The SMILES string of the molecule is CC(C)(C)c1ccc(CC(Cc2ccc3c(c2)C(C)(C)c2ccccc2-3)c2ccc3c(c2)C(C)(C)C2=C3C=CC=CC2)cc1. The third-order valence-electron chi connectivity index (χ3n) is 10.8. The first-order valence-corrected chi connectivity index (χ1v) is 16.5. The average Bonchev–Trinajstić information content (AvgIpc) is 3.20. The molecule has 7 rings (SSSR count). The molecule has 0 N–H and O–H groups in total. The first-order valence-electron chi connectivity index (χ1n) is 16.5. The van der Waals surface area contributed by atoms with Gasteiger partial charge in [0.25, 0.3) is 0 Å². The Morgan fingerprint density at radius 1 is 0.636 bits per heavy atom. The van der Waals surface area contributed by atoms with Crippen LogP contribution in [0, 0.1) is 0 Å². The second kappa shape index (κ2) is 10.3. The maximum atomic E-state index is 2.56. The van der Waals surface area contributed by atoms with Crippen molar-refractivity contribution in [2.45, 2.75) is 89.9 Å². The maximum Gasteiger partial charge on any atom is 0.0158 e. The molecule has 222 valence electrons. The summed E-state index contributed by atoms with van der Waals surface area (Å²) in [5, 5.41) is 0. The van der Waals surface area contributed by atoms with Gasteiger partial charge in [0.2, 0.25) is 0 Å². The van der Waals surface area contributed by atoms with Crippen molar-refractivity contribution in [3.8, 4) is 11.1 Å². The van der Waals surface area contributed by atoms with Crippen molar-refractivity contribution in [1.29, 1.82) is 0 Å². The molecular weight excluding hydrogens is 528 g/mol. The lowest BCUT2D eigenvalue weighted by Crippen LogP contribution is -2.18. The zero-order chi connectivity index (χ0) is 30.9. The fourth-order valence-corrected chi connectivity index (χ4v) is 8.10. The smallest absolute Gasteiger partial charge is 0.0158 e. The molecule has 3 aliphatic carbocycles. The van der Waals surface area contributed by atoms with Crippen LogP contribution >= 0.6 is 0 Å². The first-order chi connectivity index (χ1) is 20.9. The average molecular weight is 575 g/mol. The molecule has 0 spiro atoms. The van der Waals surface area contributed by atoms with E-state index in [9.17, 15) is 0 Å². The molecule has 0 heterocycles. The standard InChI is InChI=1S/C44H46/c1-42(2,3)33-21-17-29(18-22-33)25-32(26-30-19-23-36-35-14-11-12-16-39(35)43(4,5)40(36)27-30)31-20-24-37-34-13-9-8-10-15-38(34)44(6,7)41(37)28-31/h8-14,16-24,27-28,32H,15,25-26H2,1-7H3. The van der Waals surface area contributed by atoms with Crippen LogP contribution < -0.4 is 0 Å². The van der Waals surface area contributed by atoms with Gasteiger partial charge >= 0.3 is 0 Å². The van der Waals surface area contributed by atoms with Gasteiger partial charge in [0.05, 0.1) is 0 Å². The van der Waals surface area contributed by atoms with Crippen molar-refractivity contribution in [3.05, 3.63) is 159 Å². The lowest BCUT2D eigenvalue weighted by atomic mass is 9.77. The highest BCUT2D eigenvalue weighted by Crippen LogP contribution is 2.51. The van der Waals surface area contributed by atoms with Gasteiger partial charge in [-0.25, -0.2) is 0 Å². The van der Waals surface area contributed by atoms with Crippen molar-refractivity contribution in [1.82, 2.24) is 0 Å². The zero-order valence-electron chi connectivity index (χ0n) is 27.6. The van der Waals surface area contributed by atoms with Crippen LogP contribution in [0.25, 0.3) is 16.7 Å². The summed E-state index contributed by atoms with van der Waals surface area (Å²) in [5.41, 5.74) is 17.5. The molecule has 0 saturated carbocycles. The summed E-state index contributed by atoms with van der Waals surface area (Å²) in [4.78, 5) is 0. The van der Waals surface area contributed by atoms with E-state index in [0.29, 0.717) is 5.92 Å². The Bertz CT molecular complexity index is 1840. The summed E-state index contributed by atoms with van der Waals surface area (Å²) in [6.07, 6.45) is 12.1. The number of hydrogen-bond donors (Lipinski definition) is 0. The molecular formula is C44H46. The summed E-state index contributed by atoms with van der Waals surface area (Å²) < 4.78 is 0. The zero-order valence-corrected chi connectivity index (χ0v) is 27.6. The van der Waals surface area contributed by atoms with E-state index < -0.39 is 0 Å². The molecule has 0 bridgehead atoms. The Hall–Kier alpha value is -3.90. The third kappa shape index (κ3) is 4.75. The molecule has 1 unspecified atom stereocenters. The fraction of sp³-hybridized carbons (Fsp3) is 0.318. The second-order valence-electron chi connectivity index (χ2n) is 15.4. The monoisotopic (exact) mass is 574 g/mol. The highest BCUT2D eigenvalue weighted by Gasteiger charge is 2.38. The second-order valence-corrected chi connectivity index (χ2v) is 15.4. The van der Waals surface area contributed by atoms with E-state index in [-0.39, 0.29) is 16.2 Å². The Kier molecular flexibility index (Phi) is 6.78. The molecule has 0 nitrogen and oxygen atoms in total. The van der Waals surface area contributed by atoms with E-state index in [1.54, 1.807) is 5.57 Å². The molecule has 44 heavy (non-hydrogen) atoms. The molecule has 0 radical (unpaired) electrons. The molecule has 4 aromatic rings. The molecule has 0 amide bonds. The Morgan fingerprint density at radius 2 is 1.30 bits per heavy atom. The van der Waals surface area contributed by atoms with Gasteiger partial charge < -0.3 is 0 Å². The molecule has 0 aliphatic heterocycles. The first kappa shape index (κ1) is 28.8. The summed E-state index contributed by atoms with van der Waals surface area (Å²) in [5.74, 6) is 0.386. The van der Waals surface area contributed by atoms with Gasteiger partial charge in [0.15, 0.2) is 0 Å². The number of rotatable bonds is 5. The maximum absolute atomic E-state index is 2.56. The van der Waals surface area contributed by atoms with Crippen molar-refractivity contribution >= 4 is 5.57 Å². The van der Waals surface area contributed by atoms with Crippen molar-refractivity contribution in [2.24, 2.45) is 0 Å². The van der Waals surface area contributed by atoms with Crippen LogP contribution in [0.15, 0.2) is 115 Å². The van der Waals surface area contributed by atoms with Crippen LogP contribution in [-0.2, 0) is 29.1 Å². The minimum atomic E-state index is 0.0171. The van der Waals surface area contributed by atoms with Crippen LogP contribution in [0.2, 0.25) is 0 Å². The Morgan fingerprint density at radius 3 is 2.07 bits per heavy atom. The summed E-state index contributed by atoms with van der Waals surface area (Å²) in [6, 6.07) is 33.1. The number of benzene rings is 4. The van der Waals surface area contributed by atoms with E-state index in [1.165, 1.54) is 61.2 Å². The van der Waals surface area contributed by atoms with Crippen molar-refractivity contribution in [2.75, 3.05) is 0 Å². The highest BCUT2D eigenvalue weighted by molar-refractivity contribution is 5.87. The summed E-state index contributed by atoms with van der Waals surface area (Å²) in [7, 11) is 0. The molecule has 0 aromatic heterocycles. The van der Waals surface area contributed by atoms with Crippen LogP contribution in [0.1, 0.15) is 105 Å². The van der Waals surface area contributed by atoms with Gasteiger partial charge in [0, 0.05) is 10.8 Å². The topological polar surface area (TPSA) is 0 Å². The lowest BCUT2D eigenvalue weighted by Gasteiger charge is -2.27. The highest BCUT2D eigenvalue weighted by atomic mass is 14.4. The molecule has 4 aromatic carbocycles. The summed E-state index contributed by atoms with van der Waals surface area (Å²) >= 11 is 0. The molecule has 0 heteroatoms. The van der Waals surface area contributed by atoms with Gasteiger partial charge in [0.1, 0.15) is 0 Å². The van der Waals surface area contributed by atoms with Gasteiger partial charge in [-0.1, -0.05) is 158 Å². The van der Waals surface area contributed by atoms with Crippen LogP contribution in [-0.4, -0.2) is 0 Å². The van der Waals surface area contributed by atoms with E-state index in [0.717, 1.165) is 19.3 Å².